The first-order chi connectivity index (χ1) is 14.5. The number of benzene rings is 2. The van der Waals surface area contributed by atoms with Gasteiger partial charge in [-0.15, -0.1) is 0 Å². The standard InChI is InChI=1S/C23H23NO6/c1-3-13-30-18-10-6-16(7-11-18)21(26)19-20(15-4-8-17(25)9-5-15)24(12-14-29-2)23(28)22(19)27/h3-11,20,25-26H,1,12-14H2,2H3/b21-19-. The predicted molar refractivity (Wildman–Crippen MR) is 111 cm³/mol. The van der Waals surface area contributed by atoms with Gasteiger partial charge in [-0.25, -0.2) is 0 Å². The molecule has 1 aliphatic rings. The molecule has 1 heterocycles. The van der Waals surface area contributed by atoms with E-state index in [1.54, 1.807) is 42.5 Å². The van der Waals surface area contributed by atoms with Crippen LogP contribution in [-0.2, 0) is 14.3 Å². The summed E-state index contributed by atoms with van der Waals surface area (Å²) in [5.41, 5.74) is 0.964. The SMILES string of the molecule is C=CCOc1ccc(/C(O)=C2/C(=O)C(=O)N(CCOC)C2c2ccc(O)cc2)cc1. The number of likely N-dealkylation sites (tertiary alicyclic amines) is 1. The summed E-state index contributed by atoms with van der Waals surface area (Å²) < 4.78 is 10.5. The summed E-state index contributed by atoms with van der Waals surface area (Å²) in [4.78, 5) is 26.9. The Hall–Kier alpha value is -3.58. The fraction of sp³-hybridized carbons (Fsp3) is 0.217. The molecule has 2 N–H and O–H groups in total. The minimum absolute atomic E-state index is 0.0125. The zero-order valence-electron chi connectivity index (χ0n) is 16.6. The van der Waals surface area contributed by atoms with Gasteiger partial charge in [-0.2, -0.15) is 0 Å². The molecule has 1 unspecified atom stereocenters. The molecule has 1 saturated heterocycles. The summed E-state index contributed by atoms with van der Waals surface area (Å²) in [6.07, 6.45) is 1.62. The monoisotopic (exact) mass is 409 g/mol. The molecule has 1 aliphatic heterocycles. The molecule has 7 nitrogen and oxygen atoms in total. The average molecular weight is 409 g/mol. The van der Waals surface area contributed by atoms with Crippen LogP contribution in [0.25, 0.3) is 5.76 Å². The summed E-state index contributed by atoms with van der Waals surface area (Å²) in [6, 6.07) is 11.9. The highest BCUT2D eigenvalue weighted by atomic mass is 16.5. The van der Waals surface area contributed by atoms with Crippen molar-refractivity contribution in [2.45, 2.75) is 6.04 Å². The fourth-order valence-electron chi connectivity index (χ4n) is 3.32. The first-order valence-electron chi connectivity index (χ1n) is 9.38. The highest BCUT2D eigenvalue weighted by molar-refractivity contribution is 6.46. The van der Waals surface area contributed by atoms with Gasteiger partial charge in [0.1, 0.15) is 23.9 Å². The third kappa shape index (κ3) is 4.21. The normalized spacial score (nSPS) is 17.9. The highest BCUT2D eigenvalue weighted by Gasteiger charge is 2.45. The summed E-state index contributed by atoms with van der Waals surface area (Å²) >= 11 is 0. The van der Waals surface area contributed by atoms with Crippen LogP contribution in [0.5, 0.6) is 11.5 Å². The van der Waals surface area contributed by atoms with E-state index in [9.17, 15) is 19.8 Å². The van der Waals surface area contributed by atoms with Crippen LogP contribution in [0.2, 0.25) is 0 Å². The fourth-order valence-corrected chi connectivity index (χ4v) is 3.32. The van der Waals surface area contributed by atoms with E-state index < -0.39 is 17.7 Å². The number of ketones is 1. The number of aromatic hydroxyl groups is 1. The third-order valence-corrected chi connectivity index (χ3v) is 4.78. The second kappa shape index (κ2) is 9.28. The van der Waals surface area contributed by atoms with Gasteiger partial charge in [0, 0.05) is 19.2 Å². The van der Waals surface area contributed by atoms with Crippen molar-refractivity contribution >= 4 is 17.4 Å². The van der Waals surface area contributed by atoms with Gasteiger partial charge in [0.25, 0.3) is 11.7 Å². The van der Waals surface area contributed by atoms with Crippen LogP contribution in [0.1, 0.15) is 17.2 Å². The molecule has 1 fully saturated rings. The van der Waals surface area contributed by atoms with Crippen molar-refractivity contribution in [3.63, 3.8) is 0 Å². The minimum Gasteiger partial charge on any atom is -0.508 e. The van der Waals surface area contributed by atoms with Crippen molar-refractivity contribution in [3.8, 4) is 11.5 Å². The Kier molecular flexibility index (Phi) is 6.54. The molecule has 1 amide bonds. The van der Waals surface area contributed by atoms with E-state index in [0.717, 1.165) is 0 Å². The maximum absolute atomic E-state index is 12.8. The number of methoxy groups -OCH3 is 1. The summed E-state index contributed by atoms with van der Waals surface area (Å²) in [5.74, 6) is -1.11. The lowest BCUT2D eigenvalue weighted by molar-refractivity contribution is -0.140. The second-order valence-electron chi connectivity index (χ2n) is 6.70. The zero-order chi connectivity index (χ0) is 21.7. The van der Waals surface area contributed by atoms with Crippen LogP contribution in [-0.4, -0.2) is 53.7 Å². The zero-order valence-corrected chi connectivity index (χ0v) is 16.6. The van der Waals surface area contributed by atoms with E-state index in [0.29, 0.717) is 23.5 Å². The Morgan fingerprint density at radius 2 is 1.80 bits per heavy atom. The number of amides is 1. The molecule has 30 heavy (non-hydrogen) atoms. The van der Waals surface area contributed by atoms with E-state index in [2.05, 4.69) is 6.58 Å². The lowest BCUT2D eigenvalue weighted by atomic mass is 9.95. The first-order valence-corrected chi connectivity index (χ1v) is 9.38. The van der Waals surface area contributed by atoms with Gasteiger partial charge in [-0.05, 0) is 42.0 Å². The van der Waals surface area contributed by atoms with E-state index >= 15 is 0 Å². The van der Waals surface area contributed by atoms with Crippen LogP contribution in [0.15, 0.2) is 66.8 Å². The topological polar surface area (TPSA) is 96.3 Å². The van der Waals surface area contributed by atoms with Crippen molar-refractivity contribution in [1.82, 2.24) is 4.90 Å². The van der Waals surface area contributed by atoms with Crippen molar-refractivity contribution < 1.29 is 29.3 Å². The third-order valence-electron chi connectivity index (χ3n) is 4.78. The maximum Gasteiger partial charge on any atom is 0.295 e. The molecule has 2 aromatic carbocycles. The van der Waals surface area contributed by atoms with Gasteiger partial charge in [-0.3, -0.25) is 9.59 Å². The van der Waals surface area contributed by atoms with Crippen molar-refractivity contribution in [3.05, 3.63) is 77.9 Å². The molecular formula is C23H23NO6. The number of rotatable bonds is 8. The molecule has 0 spiro atoms. The van der Waals surface area contributed by atoms with Crippen LogP contribution >= 0.6 is 0 Å². The Balaban J connectivity index is 2.05. The lowest BCUT2D eigenvalue weighted by Gasteiger charge is -2.25. The second-order valence-corrected chi connectivity index (χ2v) is 6.70. The van der Waals surface area contributed by atoms with Crippen molar-refractivity contribution in [1.29, 1.82) is 0 Å². The quantitative estimate of drug-likeness (QED) is 0.301. The summed E-state index contributed by atoms with van der Waals surface area (Å²) in [5, 5.41) is 20.6. The van der Waals surface area contributed by atoms with Crippen molar-refractivity contribution in [2.75, 3.05) is 26.9 Å². The molecule has 7 heteroatoms. The van der Waals surface area contributed by atoms with E-state index in [4.69, 9.17) is 9.47 Å². The van der Waals surface area contributed by atoms with E-state index in [-0.39, 0.29) is 30.2 Å². The Morgan fingerprint density at radius 1 is 1.13 bits per heavy atom. The van der Waals surface area contributed by atoms with E-state index in [1.165, 1.54) is 24.1 Å². The molecule has 0 saturated carbocycles. The van der Waals surface area contributed by atoms with Crippen LogP contribution in [0.4, 0.5) is 0 Å². The number of aliphatic hydroxyl groups is 1. The van der Waals surface area contributed by atoms with Gasteiger partial charge in [0.2, 0.25) is 0 Å². The predicted octanol–water partition coefficient (Wildman–Crippen LogP) is 3.03. The Bertz CT molecular complexity index is 962. The smallest absolute Gasteiger partial charge is 0.295 e. The van der Waals surface area contributed by atoms with Crippen LogP contribution < -0.4 is 4.74 Å². The molecule has 3 rings (SSSR count). The van der Waals surface area contributed by atoms with Gasteiger partial charge in [0.05, 0.1) is 18.2 Å². The molecule has 0 bridgehead atoms. The van der Waals surface area contributed by atoms with Crippen LogP contribution in [0.3, 0.4) is 0 Å². The number of phenolic OH excluding ortho intramolecular Hbond substituents is 1. The number of phenols is 1. The largest absolute Gasteiger partial charge is 0.508 e. The lowest BCUT2D eigenvalue weighted by Crippen LogP contribution is -2.32. The minimum atomic E-state index is -0.794. The summed E-state index contributed by atoms with van der Waals surface area (Å²) in [6.45, 7) is 4.34. The average Bonchev–Trinajstić information content (AvgIpc) is 3.01. The maximum atomic E-state index is 12.8. The molecule has 0 aliphatic carbocycles. The Labute approximate surface area is 174 Å². The van der Waals surface area contributed by atoms with Gasteiger partial charge in [-0.1, -0.05) is 24.8 Å². The number of nitrogens with zero attached hydrogens (tertiary/aromatic N) is 1. The molecule has 2 aromatic rings. The van der Waals surface area contributed by atoms with Gasteiger partial charge >= 0.3 is 0 Å². The molecular weight excluding hydrogens is 386 g/mol. The number of hydrogen-bond donors (Lipinski definition) is 2. The van der Waals surface area contributed by atoms with Crippen LogP contribution in [0, 0.1) is 0 Å². The molecule has 156 valence electrons. The number of hydrogen-bond acceptors (Lipinski definition) is 6. The first kappa shape index (κ1) is 21.1. The number of carbonyl (C=O) groups is 2. The number of Topliss-reactive ketones (excluding diaryl/α,β-unsaturated/α-hetero) is 1. The van der Waals surface area contributed by atoms with Crippen molar-refractivity contribution in [2.24, 2.45) is 0 Å². The number of aliphatic hydroxyl groups excluding tert-OH is 1. The highest BCUT2D eigenvalue weighted by Crippen LogP contribution is 2.39. The number of carbonyl (C=O) groups excluding carboxylic acids is 2. The summed E-state index contributed by atoms with van der Waals surface area (Å²) in [7, 11) is 1.50. The molecule has 1 atom stereocenters. The van der Waals surface area contributed by atoms with E-state index in [1.807, 2.05) is 0 Å². The Morgan fingerprint density at radius 3 is 2.40 bits per heavy atom. The molecule has 0 radical (unpaired) electrons. The van der Waals surface area contributed by atoms with Gasteiger partial charge < -0.3 is 24.6 Å². The molecule has 0 aromatic heterocycles. The van der Waals surface area contributed by atoms with Gasteiger partial charge in [0.15, 0.2) is 0 Å². The number of ether oxygens (including phenoxy) is 2.